The maximum absolute atomic E-state index is 12.4. The van der Waals surface area contributed by atoms with Gasteiger partial charge in [-0.25, -0.2) is 9.67 Å². The summed E-state index contributed by atoms with van der Waals surface area (Å²) in [6.45, 7) is 7.76. The zero-order chi connectivity index (χ0) is 17.3. The van der Waals surface area contributed by atoms with E-state index in [2.05, 4.69) is 15.4 Å². The summed E-state index contributed by atoms with van der Waals surface area (Å²) >= 11 is 0. The van der Waals surface area contributed by atoms with Gasteiger partial charge in [-0.05, 0) is 45.9 Å². The highest BCUT2D eigenvalue weighted by Gasteiger charge is 2.22. The summed E-state index contributed by atoms with van der Waals surface area (Å²) in [5.74, 6) is 0.381. The van der Waals surface area contributed by atoms with Crippen LogP contribution in [-0.2, 0) is 0 Å². The molecule has 0 radical (unpaired) electrons. The Bertz CT molecular complexity index is 840. The number of hydrogen-bond acceptors (Lipinski definition) is 4. The minimum Gasteiger partial charge on any atom is -0.472 e. The second kappa shape index (κ2) is 5.96. The standard InChI is InChI=1S/C18H20N4O2/c1-12-5-7-14(8-6-12)22-16(13-9-10-24-11-13)19-15(21-22)17(23)20-18(2,3)4/h5-11H,1-4H3,(H,20,23). The molecule has 0 spiro atoms. The van der Waals surface area contributed by atoms with E-state index in [0.717, 1.165) is 16.8 Å². The Morgan fingerprint density at radius 3 is 2.46 bits per heavy atom. The molecular weight excluding hydrogens is 304 g/mol. The van der Waals surface area contributed by atoms with Gasteiger partial charge in [0.15, 0.2) is 5.82 Å². The van der Waals surface area contributed by atoms with E-state index in [4.69, 9.17) is 4.42 Å². The number of nitrogens with one attached hydrogen (secondary N) is 1. The molecule has 124 valence electrons. The first-order chi connectivity index (χ1) is 11.3. The summed E-state index contributed by atoms with van der Waals surface area (Å²) in [5.41, 5.74) is 2.38. The van der Waals surface area contributed by atoms with E-state index in [1.54, 1.807) is 23.3 Å². The maximum Gasteiger partial charge on any atom is 0.291 e. The van der Waals surface area contributed by atoms with E-state index in [1.807, 2.05) is 52.0 Å². The van der Waals surface area contributed by atoms with E-state index in [9.17, 15) is 4.79 Å². The van der Waals surface area contributed by atoms with Crippen LogP contribution in [0, 0.1) is 6.92 Å². The van der Waals surface area contributed by atoms with Gasteiger partial charge in [-0.1, -0.05) is 17.7 Å². The van der Waals surface area contributed by atoms with Gasteiger partial charge >= 0.3 is 0 Å². The number of carbonyl (C=O) groups excluding carboxylic acids is 1. The quantitative estimate of drug-likeness (QED) is 0.802. The molecule has 2 aromatic heterocycles. The third-order valence-corrected chi connectivity index (χ3v) is 3.36. The zero-order valence-electron chi connectivity index (χ0n) is 14.2. The summed E-state index contributed by atoms with van der Waals surface area (Å²) in [6, 6.07) is 9.66. The first-order valence-corrected chi connectivity index (χ1v) is 7.73. The van der Waals surface area contributed by atoms with Crippen molar-refractivity contribution < 1.29 is 9.21 Å². The van der Waals surface area contributed by atoms with Gasteiger partial charge in [0.05, 0.1) is 17.5 Å². The fraction of sp³-hybridized carbons (Fsp3) is 0.278. The van der Waals surface area contributed by atoms with Gasteiger partial charge in [-0.2, -0.15) is 0 Å². The third-order valence-electron chi connectivity index (χ3n) is 3.36. The van der Waals surface area contributed by atoms with Crippen LogP contribution in [0.3, 0.4) is 0 Å². The van der Waals surface area contributed by atoms with E-state index in [0.29, 0.717) is 5.82 Å². The summed E-state index contributed by atoms with van der Waals surface area (Å²) in [4.78, 5) is 16.8. The number of amides is 1. The molecular formula is C18H20N4O2. The molecule has 2 heterocycles. The highest BCUT2D eigenvalue weighted by Crippen LogP contribution is 2.22. The summed E-state index contributed by atoms with van der Waals surface area (Å²) in [7, 11) is 0. The summed E-state index contributed by atoms with van der Waals surface area (Å²) in [5, 5.41) is 7.28. The third kappa shape index (κ3) is 3.37. The van der Waals surface area contributed by atoms with Gasteiger partial charge < -0.3 is 9.73 Å². The Balaban J connectivity index is 2.06. The van der Waals surface area contributed by atoms with E-state index in [-0.39, 0.29) is 17.3 Å². The van der Waals surface area contributed by atoms with Gasteiger partial charge in [0, 0.05) is 5.54 Å². The van der Waals surface area contributed by atoms with Gasteiger partial charge in [0.2, 0.25) is 5.82 Å². The first-order valence-electron chi connectivity index (χ1n) is 7.73. The molecule has 0 saturated carbocycles. The number of nitrogens with zero attached hydrogens (tertiary/aromatic N) is 3. The lowest BCUT2D eigenvalue weighted by Crippen LogP contribution is -2.41. The molecule has 0 aliphatic rings. The minimum absolute atomic E-state index is 0.127. The molecule has 1 N–H and O–H groups in total. The Morgan fingerprint density at radius 1 is 1.17 bits per heavy atom. The van der Waals surface area contributed by atoms with Crippen molar-refractivity contribution in [2.24, 2.45) is 0 Å². The average molecular weight is 324 g/mol. The topological polar surface area (TPSA) is 73.0 Å². The number of aryl methyl sites for hydroxylation is 1. The van der Waals surface area contributed by atoms with Crippen molar-refractivity contribution in [3.8, 4) is 17.1 Å². The Kier molecular flexibility index (Phi) is 3.97. The maximum atomic E-state index is 12.4. The predicted molar refractivity (Wildman–Crippen MR) is 91.0 cm³/mol. The molecule has 0 bridgehead atoms. The normalized spacial score (nSPS) is 11.5. The number of aromatic nitrogens is 3. The highest BCUT2D eigenvalue weighted by molar-refractivity contribution is 5.91. The van der Waals surface area contributed by atoms with Crippen molar-refractivity contribution in [2.75, 3.05) is 0 Å². The van der Waals surface area contributed by atoms with Crippen LogP contribution in [0.2, 0.25) is 0 Å². The number of carbonyl (C=O) groups is 1. The lowest BCUT2D eigenvalue weighted by atomic mass is 10.1. The largest absolute Gasteiger partial charge is 0.472 e. The van der Waals surface area contributed by atoms with Gasteiger partial charge in [0.1, 0.15) is 6.26 Å². The fourth-order valence-electron chi connectivity index (χ4n) is 2.25. The van der Waals surface area contributed by atoms with E-state index >= 15 is 0 Å². The van der Waals surface area contributed by atoms with Crippen molar-refractivity contribution >= 4 is 5.91 Å². The van der Waals surface area contributed by atoms with Crippen LogP contribution in [0.5, 0.6) is 0 Å². The van der Waals surface area contributed by atoms with Crippen LogP contribution in [-0.4, -0.2) is 26.2 Å². The van der Waals surface area contributed by atoms with Crippen molar-refractivity contribution in [3.05, 3.63) is 54.2 Å². The van der Waals surface area contributed by atoms with Crippen LogP contribution in [0.15, 0.2) is 47.3 Å². The minimum atomic E-state index is -0.359. The van der Waals surface area contributed by atoms with Crippen LogP contribution in [0.25, 0.3) is 17.1 Å². The van der Waals surface area contributed by atoms with Crippen molar-refractivity contribution in [1.82, 2.24) is 20.1 Å². The fourth-order valence-corrected chi connectivity index (χ4v) is 2.25. The van der Waals surface area contributed by atoms with Crippen LogP contribution in [0.4, 0.5) is 0 Å². The second-order valence-corrected chi connectivity index (χ2v) is 6.72. The smallest absolute Gasteiger partial charge is 0.291 e. The molecule has 0 aliphatic carbocycles. The zero-order valence-corrected chi connectivity index (χ0v) is 14.2. The lowest BCUT2D eigenvalue weighted by molar-refractivity contribution is 0.0909. The molecule has 3 rings (SSSR count). The van der Waals surface area contributed by atoms with Crippen molar-refractivity contribution in [3.63, 3.8) is 0 Å². The van der Waals surface area contributed by atoms with Crippen molar-refractivity contribution in [1.29, 1.82) is 0 Å². The molecule has 0 atom stereocenters. The molecule has 0 aliphatic heterocycles. The van der Waals surface area contributed by atoms with Crippen LogP contribution < -0.4 is 5.32 Å². The first kappa shape index (κ1) is 16.0. The number of hydrogen-bond donors (Lipinski definition) is 1. The Labute approximate surface area is 140 Å². The Hall–Kier alpha value is -2.89. The predicted octanol–water partition coefficient (Wildman–Crippen LogP) is 3.36. The SMILES string of the molecule is Cc1ccc(-n2nc(C(=O)NC(C)(C)C)nc2-c2ccoc2)cc1. The van der Waals surface area contributed by atoms with Gasteiger partial charge in [0.25, 0.3) is 5.91 Å². The molecule has 6 heteroatoms. The molecule has 1 aromatic carbocycles. The van der Waals surface area contributed by atoms with Crippen molar-refractivity contribution in [2.45, 2.75) is 33.2 Å². The number of rotatable bonds is 3. The molecule has 0 saturated heterocycles. The monoisotopic (exact) mass is 324 g/mol. The molecule has 0 fully saturated rings. The van der Waals surface area contributed by atoms with Gasteiger partial charge in [-0.3, -0.25) is 4.79 Å². The molecule has 0 unspecified atom stereocenters. The molecule has 1 amide bonds. The van der Waals surface area contributed by atoms with Crippen LogP contribution >= 0.6 is 0 Å². The van der Waals surface area contributed by atoms with E-state index < -0.39 is 0 Å². The average Bonchev–Trinajstić information content (AvgIpc) is 3.15. The molecule has 3 aromatic rings. The number of furan rings is 1. The molecule has 24 heavy (non-hydrogen) atoms. The van der Waals surface area contributed by atoms with Crippen LogP contribution in [0.1, 0.15) is 37.0 Å². The summed E-state index contributed by atoms with van der Waals surface area (Å²) in [6.07, 6.45) is 3.15. The van der Waals surface area contributed by atoms with E-state index in [1.165, 1.54) is 0 Å². The second-order valence-electron chi connectivity index (χ2n) is 6.72. The Morgan fingerprint density at radius 2 is 1.88 bits per heavy atom. The molecule has 6 nitrogen and oxygen atoms in total. The number of benzene rings is 1. The highest BCUT2D eigenvalue weighted by atomic mass is 16.3. The summed E-state index contributed by atoms with van der Waals surface area (Å²) < 4.78 is 6.80. The van der Waals surface area contributed by atoms with Gasteiger partial charge in [-0.15, -0.1) is 5.10 Å². The lowest BCUT2D eigenvalue weighted by Gasteiger charge is -2.18.